The number of hydrogen-bond donors (Lipinski definition) is 1. The lowest BCUT2D eigenvalue weighted by molar-refractivity contribution is -0.127. The number of rotatable bonds is 4. The maximum atomic E-state index is 13.5. The van der Waals surface area contributed by atoms with Crippen molar-refractivity contribution in [2.24, 2.45) is 0 Å². The van der Waals surface area contributed by atoms with Crippen LogP contribution in [-0.2, 0) is 4.79 Å². The number of carbonyl (C=O) groups excluding carboxylic acids is 1. The predicted octanol–water partition coefficient (Wildman–Crippen LogP) is 1.73. The second-order valence-electron chi connectivity index (χ2n) is 3.66. The van der Waals surface area contributed by atoms with Crippen LogP contribution in [-0.4, -0.2) is 30.9 Å². The summed E-state index contributed by atoms with van der Waals surface area (Å²) in [4.78, 5) is 12.9. The molecule has 1 amide bonds. The van der Waals surface area contributed by atoms with E-state index in [2.05, 4.69) is 5.32 Å². The Bertz CT molecular complexity index is 497. The molecule has 0 aromatic heterocycles. The molecule has 18 heavy (non-hydrogen) atoms. The average Bonchev–Trinajstić information content (AvgIpc) is 2.39. The van der Waals surface area contributed by atoms with E-state index in [4.69, 9.17) is 5.26 Å². The minimum atomic E-state index is -1.21. The molecule has 0 fully saturated rings. The average molecular weight is 253 g/mol. The summed E-state index contributed by atoms with van der Waals surface area (Å²) in [7, 11) is 1.61. The number of halogens is 2. The van der Waals surface area contributed by atoms with Gasteiger partial charge in [-0.3, -0.25) is 4.79 Å². The Balaban J connectivity index is 2.79. The van der Waals surface area contributed by atoms with Crippen LogP contribution >= 0.6 is 0 Å². The van der Waals surface area contributed by atoms with Gasteiger partial charge >= 0.3 is 0 Å². The number of anilines is 1. The van der Waals surface area contributed by atoms with Gasteiger partial charge in [0.1, 0.15) is 6.07 Å². The zero-order valence-corrected chi connectivity index (χ0v) is 10.1. The summed E-state index contributed by atoms with van der Waals surface area (Å²) >= 11 is 0. The summed E-state index contributed by atoms with van der Waals surface area (Å²) in [5.74, 6) is -2.60. The summed E-state index contributed by atoms with van der Waals surface area (Å²) in [5, 5.41) is 11.0. The first-order valence-corrected chi connectivity index (χ1v) is 5.37. The van der Waals surface area contributed by atoms with E-state index in [0.717, 1.165) is 6.07 Å². The van der Waals surface area contributed by atoms with Crippen LogP contribution in [0.2, 0.25) is 0 Å². The lowest BCUT2D eigenvalue weighted by atomic mass is 10.2. The molecule has 1 aromatic carbocycles. The van der Waals surface area contributed by atoms with Gasteiger partial charge in [-0.2, -0.15) is 5.26 Å². The van der Waals surface area contributed by atoms with E-state index < -0.39 is 11.6 Å². The molecule has 0 aliphatic heterocycles. The monoisotopic (exact) mass is 253 g/mol. The van der Waals surface area contributed by atoms with E-state index in [1.807, 2.05) is 0 Å². The Hall–Kier alpha value is -2.16. The van der Waals surface area contributed by atoms with Crippen molar-refractivity contribution in [3.63, 3.8) is 0 Å². The molecular weight excluding hydrogens is 240 g/mol. The molecule has 0 aliphatic carbocycles. The van der Waals surface area contributed by atoms with E-state index >= 15 is 0 Å². The largest absolute Gasteiger partial charge is 0.374 e. The zero-order chi connectivity index (χ0) is 13.7. The molecule has 4 nitrogen and oxygen atoms in total. The quantitative estimate of drug-likeness (QED) is 0.889. The second kappa shape index (κ2) is 5.96. The van der Waals surface area contributed by atoms with Gasteiger partial charge in [0.25, 0.3) is 0 Å². The van der Waals surface area contributed by atoms with Crippen molar-refractivity contribution in [3.8, 4) is 6.07 Å². The van der Waals surface area contributed by atoms with Gasteiger partial charge in [0.15, 0.2) is 11.6 Å². The molecule has 0 aliphatic rings. The van der Waals surface area contributed by atoms with Gasteiger partial charge < -0.3 is 10.2 Å². The van der Waals surface area contributed by atoms with Crippen molar-refractivity contribution in [1.82, 2.24) is 4.90 Å². The number of carbonyl (C=O) groups is 1. The van der Waals surface area contributed by atoms with Gasteiger partial charge in [0, 0.05) is 13.6 Å². The fourth-order valence-electron chi connectivity index (χ4n) is 1.25. The Morgan fingerprint density at radius 1 is 1.44 bits per heavy atom. The Morgan fingerprint density at radius 2 is 2.11 bits per heavy atom. The molecule has 0 saturated carbocycles. The fourth-order valence-corrected chi connectivity index (χ4v) is 1.25. The van der Waals surface area contributed by atoms with Crippen molar-refractivity contribution in [2.75, 3.05) is 25.5 Å². The third-order valence-electron chi connectivity index (χ3n) is 2.53. The number of amides is 1. The van der Waals surface area contributed by atoms with Crippen LogP contribution in [0, 0.1) is 23.0 Å². The van der Waals surface area contributed by atoms with Gasteiger partial charge in [0.2, 0.25) is 5.91 Å². The lowest BCUT2D eigenvalue weighted by Crippen LogP contribution is -2.32. The lowest BCUT2D eigenvalue weighted by Gasteiger charge is -2.15. The van der Waals surface area contributed by atoms with Gasteiger partial charge in [-0.15, -0.1) is 0 Å². The minimum Gasteiger partial charge on any atom is -0.374 e. The van der Waals surface area contributed by atoms with Gasteiger partial charge in [-0.05, 0) is 19.1 Å². The Kier molecular flexibility index (Phi) is 4.60. The SMILES string of the molecule is CCN(C)C(=O)CNc1ccc(C#N)c(F)c1F. The third kappa shape index (κ3) is 2.94. The van der Waals surface area contributed by atoms with Crippen LogP contribution < -0.4 is 5.32 Å². The number of benzene rings is 1. The summed E-state index contributed by atoms with van der Waals surface area (Å²) in [5.41, 5.74) is -0.501. The molecule has 0 bridgehead atoms. The maximum Gasteiger partial charge on any atom is 0.241 e. The number of nitrogens with one attached hydrogen (secondary N) is 1. The van der Waals surface area contributed by atoms with Crippen molar-refractivity contribution in [1.29, 1.82) is 5.26 Å². The van der Waals surface area contributed by atoms with E-state index in [9.17, 15) is 13.6 Å². The highest BCUT2D eigenvalue weighted by Crippen LogP contribution is 2.19. The Labute approximate surface area is 104 Å². The van der Waals surface area contributed by atoms with Crippen molar-refractivity contribution in [2.45, 2.75) is 6.92 Å². The molecule has 0 radical (unpaired) electrons. The van der Waals surface area contributed by atoms with Crippen LogP contribution in [0.15, 0.2) is 12.1 Å². The summed E-state index contributed by atoms with van der Waals surface area (Å²) in [6.45, 7) is 2.21. The molecule has 0 saturated heterocycles. The third-order valence-corrected chi connectivity index (χ3v) is 2.53. The molecule has 0 spiro atoms. The highest BCUT2D eigenvalue weighted by molar-refractivity contribution is 5.80. The topological polar surface area (TPSA) is 56.1 Å². The van der Waals surface area contributed by atoms with Gasteiger partial charge in [-0.1, -0.05) is 0 Å². The highest BCUT2D eigenvalue weighted by atomic mass is 19.2. The standard InChI is InChI=1S/C12H13F2N3O/c1-3-17(2)10(18)7-16-9-5-4-8(6-15)11(13)12(9)14/h4-5,16H,3,7H2,1-2H3. The van der Waals surface area contributed by atoms with Crippen LogP contribution in [0.3, 0.4) is 0 Å². The predicted molar refractivity (Wildman–Crippen MR) is 62.9 cm³/mol. The van der Waals surface area contributed by atoms with Crippen molar-refractivity contribution in [3.05, 3.63) is 29.3 Å². The molecule has 0 atom stereocenters. The first-order chi connectivity index (χ1) is 8.51. The van der Waals surface area contributed by atoms with Crippen LogP contribution in [0.1, 0.15) is 12.5 Å². The van der Waals surface area contributed by atoms with Crippen molar-refractivity contribution >= 4 is 11.6 Å². The number of nitrogens with zero attached hydrogens (tertiary/aromatic N) is 2. The Morgan fingerprint density at radius 3 is 2.67 bits per heavy atom. The molecule has 0 heterocycles. The highest BCUT2D eigenvalue weighted by Gasteiger charge is 2.14. The number of hydrogen-bond acceptors (Lipinski definition) is 3. The first kappa shape index (κ1) is 13.9. The summed E-state index contributed by atoms with van der Waals surface area (Å²) in [6.07, 6.45) is 0. The zero-order valence-electron chi connectivity index (χ0n) is 10.1. The molecule has 1 N–H and O–H groups in total. The van der Waals surface area contributed by atoms with Gasteiger partial charge in [0.05, 0.1) is 17.8 Å². The van der Waals surface area contributed by atoms with Crippen LogP contribution in [0.4, 0.5) is 14.5 Å². The second-order valence-corrected chi connectivity index (χ2v) is 3.66. The van der Waals surface area contributed by atoms with Crippen LogP contribution in [0.5, 0.6) is 0 Å². The number of likely N-dealkylation sites (N-methyl/N-ethyl adjacent to an activating group) is 1. The minimum absolute atomic E-state index is 0.132. The molecule has 6 heteroatoms. The van der Waals surface area contributed by atoms with Crippen LogP contribution in [0.25, 0.3) is 0 Å². The van der Waals surface area contributed by atoms with Crippen molar-refractivity contribution < 1.29 is 13.6 Å². The maximum absolute atomic E-state index is 13.5. The number of nitriles is 1. The summed E-state index contributed by atoms with van der Waals surface area (Å²) < 4.78 is 26.7. The summed E-state index contributed by atoms with van der Waals surface area (Å²) in [6, 6.07) is 3.93. The van der Waals surface area contributed by atoms with E-state index in [-0.39, 0.29) is 23.7 Å². The van der Waals surface area contributed by atoms with Gasteiger partial charge in [-0.25, -0.2) is 8.78 Å². The molecule has 0 unspecified atom stereocenters. The van der Waals surface area contributed by atoms with E-state index in [0.29, 0.717) is 6.54 Å². The molecule has 96 valence electrons. The smallest absolute Gasteiger partial charge is 0.241 e. The molecular formula is C12H13F2N3O. The molecule has 1 aromatic rings. The van der Waals surface area contributed by atoms with E-state index in [1.54, 1.807) is 14.0 Å². The molecule has 1 rings (SSSR count). The van der Waals surface area contributed by atoms with E-state index in [1.165, 1.54) is 17.0 Å². The normalized spacial score (nSPS) is 9.72. The fraction of sp³-hybridized carbons (Fsp3) is 0.333. The first-order valence-electron chi connectivity index (χ1n) is 5.37.